The van der Waals surface area contributed by atoms with E-state index in [1.807, 2.05) is 0 Å². The van der Waals surface area contributed by atoms with E-state index < -0.39 is 0 Å². The van der Waals surface area contributed by atoms with Gasteiger partial charge in [0.1, 0.15) is 0 Å². The van der Waals surface area contributed by atoms with Crippen molar-refractivity contribution in [2.24, 2.45) is 0 Å². The predicted molar refractivity (Wildman–Crippen MR) is 61.4 cm³/mol. The van der Waals surface area contributed by atoms with Crippen molar-refractivity contribution in [1.29, 1.82) is 0 Å². The zero-order valence-electron chi connectivity index (χ0n) is 8.42. The van der Waals surface area contributed by atoms with Gasteiger partial charge in [0.2, 0.25) is 0 Å². The van der Waals surface area contributed by atoms with Crippen LogP contribution in [0.3, 0.4) is 0 Å². The quantitative estimate of drug-likeness (QED) is 0.736. The molecule has 0 saturated carbocycles. The molecular formula is C11H16BrN. The summed E-state index contributed by atoms with van der Waals surface area (Å²) in [5, 5.41) is 0. The molecule has 0 N–H and O–H groups in total. The Morgan fingerprint density at radius 1 is 1.23 bits per heavy atom. The Balaban J connectivity index is 2.66. The van der Waals surface area contributed by atoms with Crippen LogP contribution in [0.1, 0.15) is 16.0 Å². The van der Waals surface area contributed by atoms with Crippen LogP contribution in [0.5, 0.6) is 0 Å². The van der Waals surface area contributed by atoms with E-state index in [0.717, 1.165) is 6.54 Å². The first kappa shape index (κ1) is 10.7. The summed E-state index contributed by atoms with van der Waals surface area (Å²) in [6.07, 6.45) is 0. The minimum atomic E-state index is 0.433. The first-order chi connectivity index (χ1) is 6.09. The smallest absolute Gasteiger partial charge is 0.0522 e. The Kier molecular flexibility index (Phi) is 3.94. The second-order valence-corrected chi connectivity index (χ2v) is 4.75. The maximum atomic E-state index is 3.67. The van der Waals surface area contributed by atoms with E-state index in [4.69, 9.17) is 0 Å². The van der Waals surface area contributed by atoms with Crippen molar-refractivity contribution in [3.63, 3.8) is 0 Å². The molecule has 1 atom stereocenters. The molecule has 0 fully saturated rings. The molecule has 0 saturated heterocycles. The second-order valence-electron chi connectivity index (χ2n) is 3.64. The van der Waals surface area contributed by atoms with Gasteiger partial charge in [-0.3, -0.25) is 0 Å². The largest absolute Gasteiger partial charge is 0.308 e. The number of hydrogen-bond donors (Lipinski definition) is 0. The van der Waals surface area contributed by atoms with Crippen molar-refractivity contribution < 1.29 is 0 Å². The molecule has 0 aliphatic carbocycles. The van der Waals surface area contributed by atoms with E-state index in [9.17, 15) is 0 Å². The van der Waals surface area contributed by atoms with Crippen LogP contribution in [0, 0.1) is 6.92 Å². The van der Waals surface area contributed by atoms with Crippen molar-refractivity contribution in [2.45, 2.75) is 11.8 Å². The molecular weight excluding hydrogens is 226 g/mol. The molecule has 1 rings (SSSR count). The summed E-state index contributed by atoms with van der Waals surface area (Å²) in [5.74, 6) is 0. The van der Waals surface area contributed by atoms with E-state index in [0.29, 0.717) is 4.83 Å². The third-order valence-electron chi connectivity index (χ3n) is 1.96. The lowest BCUT2D eigenvalue weighted by Crippen LogP contribution is -2.16. The standard InChI is InChI=1S/C11H16BrN/c1-9-4-6-10(7-5-9)11(12)8-13(2)3/h4-7,11H,8H2,1-3H3. The Morgan fingerprint density at radius 3 is 2.23 bits per heavy atom. The fourth-order valence-electron chi connectivity index (χ4n) is 1.20. The number of hydrogen-bond acceptors (Lipinski definition) is 1. The summed E-state index contributed by atoms with van der Waals surface area (Å²) < 4.78 is 0. The minimum Gasteiger partial charge on any atom is -0.308 e. The number of nitrogens with zero attached hydrogens (tertiary/aromatic N) is 1. The molecule has 0 bridgehead atoms. The topological polar surface area (TPSA) is 3.24 Å². The zero-order chi connectivity index (χ0) is 9.84. The summed E-state index contributed by atoms with van der Waals surface area (Å²) in [6.45, 7) is 3.14. The highest BCUT2D eigenvalue weighted by atomic mass is 79.9. The van der Waals surface area contributed by atoms with E-state index in [1.54, 1.807) is 0 Å². The molecule has 1 nitrogen and oxygen atoms in total. The summed E-state index contributed by atoms with van der Waals surface area (Å²) >= 11 is 3.67. The fourth-order valence-corrected chi connectivity index (χ4v) is 2.09. The first-order valence-corrected chi connectivity index (χ1v) is 5.36. The summed E-state index contributed by atoms with van der Waals surface area (Å²) in [5.41, 5.74) is 2.66. The Labute approximate surface area is 88.9 Å². The van der Waals surface area contributed by atoms with Gasteiger partial charge in [0.15, 0.2) is 0 Å². The normalized spacial score (nSPS) is 13.3. The zero-order valence-corrected chi connectivity index (χ0v) is 10.0. The molecule has 0 aromatic heterocycles. The Bertz CT molecular complexity index is 253. The Hall–Kier alpha value is -0.340. The highest BCUT2D eigenvalue weighted by Crippen LogP contribution is 2.23. The monoisotopic (exact) mass is 241 g/mol. The molecule has 1 unspecified atom stereocenters. The maximum Gasteiger partial charge on any atom is 0.0522 e. The number of benzene rings is 1. The van der Waals surface area contributed by atoms with Crippen LogP contribution in [0.4, 0.5) is 0 Å². The van der Waals surface area contributed by atoms with Gasteiger partial charge in [-0.15, -0.1) is 0 Å². The number of rotatable bonds is 3. The highest BCUT2D eigenvalue weighted by Gasteiger charge is 2.07. The van der Waals surface area contributed by atoms with Gasteiger partial charge in [0.25, 0.3) is 0 Å². The first-order valence-electron chi connectivity index (χ1n) is 4.45. The van der Waals surface area contributed by atoms with E-state index in [2.05, 4.69) is 66.1 Å². The number of likely N-dealkylation sites (N-methyl/N-ethyl adjacent to an activating group) is 1. The van der Waals surface area contributed by atoms with Gasteiger partial charge in [-0.05, 0) is 26.6 Å². The van der Waals surface area contributed by atoms with Crippen LogP contribution in [-0.2, 0) is 0 Å². The van der Waals surface area contributed by atoms with E-state index in [1.165, 1.54) is 11.1 Å². The summed E-state index contributed by atoms with van der Waals surface area (Å²) in [6, 6.07) is 8.66. The van der Waals surface area contributed by atoms with Crippen molar-refractivity contribution in [3.05, 3.63) is 35.4 Å². The van der Waals surface area contributed by atoms with Gasteiger partial charge in [-0.1, -0.05) is 45.8 Å². The molecule has 0 aliphatic rings. The summed E-state index contributed by atoms with van der Waals surface area (Å²) in [4.78, 5) is 2.61. The van der Waals surface area contributed by atoms with Crippen LogP contribution in [-0.4, -0.2) is 25.5 Å². The van der Waals surface area contributed by atoms with Gasteiger partial charge in [0.05, 0.1) is 4.83 Å². The summed E-state index contributed by atoms with van der Waals surface area (Å²) in [7, 11) is 4.17. The van der Waals surface area contributed by atoms with Gasteiger partial charge in [-0.25, -0.2) is 0 Å². The van der Waals surface area contributed by atoms with Crippen molar-refractivity contribution >= 4 is 15.9 Å². The highest BCUT2D eigenvalue weighted by molar-refractivity contribution is 9.09. The number of alkyl halides is 1. The Morgan fingerprint density at radius 2 is 1.77 bits per heavy atom. The van der Waals surface area contributed by atoms with E-state index >= 15 is 0 Å². The van der Waals surface area contributed by atoms with Gasteiger partial charge in [0, 0.05) is 6.54 Å². The van der Waals surface area contributed by atoms with Gasteiger partial charge >= 0.3 is 0 Å². The fraction of sp³-hybridized carbons (Fsp3) is 0.455. The average molecular weight is 242 g/mol. The molecule has 1 aromatic rings. The molecule has 0 spiro atoms. The van der Waals surface area contributed by atoms with Gasteiger partial charge in [-0.2, -0.15) is 0 Å². The molecule has 72 valence electrons. The predicted octanol–water partition coefficient (Wildman–Crippen LogP) is 2.99. The lowest BCUT2D eigenvalue weighted by atomic mass is 10.1. The third-order valence-corrected chi connectivity index (χ3v) is 2.78. The molecule has 0 amide bonds. The molecule has 1 aromatic carbocycles. The number of aryl methyl sites for hydroxylation is 1. The van der Waals surface area contributed by atoms with E-state index in [-0.39, 0.29) is 0 Å². The van der Waals surface area contributed by atoms with Crippen molar-refractivity contribution in [2.75, 3.05) is 20.6 Å². The van der Waals surface area contributed by atoms with Crippen LogP contribution < -0.4 is 0 Å². The lowest BCUT2D eigenvalue weighted by molar-refractivity contribution is 0.412. The van der Waals surface area contributed by atoms with Gasteiger partial charge < -0.3 is 4.90 Å². The molecule has 13 heavy (non-hydrogen) atoms. The molecule has 0 aliphatic heterocycles. The lowest BCUT2D eigenvalue weighted by Gasteiger charge is -2.15. The molecule has 0 heterocycles. The van der Waals surface area contributed by atoms with Crippen LogP contribution in [0.25, 0.3) is 0 Å². The average Bonchev–Trinajstić information content (AvgIpc) is 2.04. The van der Waals surface area contributed by atoms with Crippen molar-refractivity contribution in [3.8, 4) is 0 Å². The van der Waals surface area contributed by atoms with Crippen LogP contribution in [0.2, 0.25) is 0 Å². The minimum absolute atomic E-state index is 0.433. The molecule has 0 radical (unpaired) electrons. The number of halogens is 1. The maximum absolute atomic E-state index is 3.67. The van der Waals surface area contributed by atoms with Crippen LogP contribution >= 0.6 is 15.9 Å². The van der Waals surface area contributed by atoms with Crippen molar-refractivity contribution in [1.82, 2.24) is 4.90 Å². The SMILES string of the molecule is Cc1ccc(C(Br)CN(C)C)cc1. The second kappa shape index (κ2) is 4.77. The third kappa shape index (κ3) is 3.49. The van der Waals surface area contributed by atoms with Crippen LogP contribution in [0.15, 0.2) is 24.3 Å². The molecule has 2 heteroatoms.